The minimum absolute atomic E-state index is 0.210. The zero-order valence-corrected chi connectivity index (χ0v) is 11.4. The van der Waals surface area contributed by atoms with Crippen molar-refractivity contribution in [2.24, 2.45) is 0 Å². The van der Waals surface area contributed by atoms with Crippen molar-refractivity contribution in [3.05, 3.63) is 34.9 Å². The summed E-state index contributed by atoms with van der Waals surface area (Å²) in [6.07, 6.45) is 0. The van der Waals surface area contributed by atoms with Crippen LogP contribution in [-0.2, 0) is 13.6 Å². The first-order chi connectivity index (χ1) is 8.03. The molecule has 6 heteroatoms. The second kappa shape index (κ2) is 6.53. The lowest BCUT2D eigenvalue weighted by Crippen LogP contribution is -2.06. The number of hydrogen-bond donors (Lipinski definition) is 1. The average Bonchev–Trinajstić information content (AvgIpc) is 2.30. The molecule has 4 nitrogen and oxygen atoms in total. The van der Waals surface area contributed by atoms with Gasteiger partial charge in [0, 0.05) is 5.02 Å². The first-order valence-electron chi connectivity index (χ1n) is 5.35. The fraction of sp³-hybridized carbons (Fsp3) is 0.455. The van der Waals surface area contributed by atoms with Crippen LogP contribution in [0.15, 0.2) is 24.3 Å². The smallest absolute Gasteiger partial charge is 0.363 e. The van der Waals surface area contributed by atoms with Crippen molar-refractivity contribution in [1.29, 1.82) is 0 Å². The Morgan fingerprint density at radius 3 is 2.12 bits per heavy atom. The highest BCUT2D eigenvalue weighted by molar-refractivity contribution is 7.54. The van der Waals surface area contributed by atoms with Gasteiger partial charge in [-0.3, -0.25) is 4.57 Å². The molecule has 1 aromatic carbocycles. The molecule has 1 aromatic rings. The molecule has 0 aliphatic rings. The van der Waals surface area contributed by atoms with Gasteiger partial charge in [0.1, 0.15) is 0 Å². The Morgan fingerprint density at radius 1 is 1.24 bits per heavy atom. The number of benzene rings is 1. The van der Waals surface area contributed by atoms with E-state index in [-0.39, 0.29) is 13.2 Å². The van der Waals surface area contributed by atoms with E-state index in [1.54, 1.807) is 38.1 Å². The molecule has 0 aromatic heterocycles. The molecule has 0 aliphatic carbocycles. The molecule has 0 aliphatic heterocycles. The lowest BCUT2D eigenvalue weighted by atomic mass is 10.2. The molecular formula is C11H16ClO4P. The quantitative estimate of drug-likeness (QED) is 0.808. The maximum absolute atomic E-state index is 12.3. The summed E-state index contributed by atoms with van der Waals surface area (Å²) in [5.74, 6) is -1.29. The third-order valence-corrected chi connectivity index (χ3v) is 4.47. The lowest BCUT2D eigenvalue weighted by molar-refractivity contribution is 0.150. The molecule has 1 atom stereocenters. The highest BCUT2D eigenvalue weighted by Crippen LogP contribution is 2.59. The summed E-state index contributed by atoms with van der Waals surface area (Å²) in [7, 11) is -3.53. The van der Waals surface area contributed by atoms with Gasteiger partial charge in [-0.15, -0.1) is 0 Å². The molecule has 0 bridgehead atoms. The molecule has 1 rings (SSSR count). The van der Waals surface area contributed by atoms with Crippen LogP contribution in [0.25, 0.3) is 0 Å². The molecule has 96 valence electrons. The molecule has 0 spiro atoms. The fourth-order valence-corrected chi connectivity index (χ4v) is 3.10. The van der Waals surface area contributed by atoms with Gasteiger partial charge < -0.3 is 14.2 Å². The first kappa shape index (κ1) is 14.7. The Hall–Kier alpha value is -0.380. The van der Waals surface area contributed by atoms with Crippen LogP contribution >= 0.6 is 19.2 Å². The normalized spacial score (nSPS) is 13.6. The summed E-state index contributed by atoms with van der Waals surface area (Å²) in [5.41, 5.74) is 0.458. The van der Waals surface area contributed by atoms with E-state index in [0.717, 1.165) is 0 Å². The molecule has 0 heterocycles. The molecule has 0 saturated heterocycles. The van der Waals surface area contributed by atoms with Crippen LogP contribution in [0.3, 0.4) is 0 Å². The van der Waals surface area contributed by atoms with Crippen LogP contribution < -0.4 is 0 Å². The molecule has 0 unspecified atom stereocenters. The van der Waals surface area contributed by atoms with Gasteiger partial charge in [0.15, 0.2) is 5.85 Å². The second-order valence-electron chi connectivity index (χ2n) is 3.30. The fourth-order valence-electron chi connectivity index (χ4n) is 1.36. The van der Waals surface area contributed by atoms with E-state index in [1.165, 1.54) is 0 Å². The van der Waals surface area contributed by atoms with Crippen LogP contribution in [0.5, 0.6) is 0 Å². The van der Waals surface area contributed by atoms with Gasteiger partial charge in [-0.25, -0.2) is 0 Å². The summed E-state index contributed by atoms with van der Waals surface area (Å²) in [6, 6.07) is 6.42. The number of halogens is 1. The van der Waals surface area contributed by atoms with Gasteiger partial charge in [0.2, 0.25) is 0 Å². The van der Waals surface area contributed by atoms with Gasteiger partial charge in [0.25, 0.3) is 0 Å². The summed E-state index contributed by atoms with van der Waals surface area (Å²) in [6.45, 7) is 3.81. The molecule has 0 amide bonds. The summed E-state index contributed by atoms with van der Waals surface area (Å²) < 4.78 is 22.4. The van der Waals surface area contributed by atoms with Crippen molar-refractivity contribution in [2.45, 2.75) is 19.7 Å². The third kappa shape index (κ3) is 3.80. The van der Waals surface area contributed by atoms with Crippen LogP contribution in [-0.4, -0.2) is 18.3 Å². The van der Waals surface area contributed by atoms with E-state index in [1.807, 2.05) is 0 Å². The Morgan fingerprint density at radius 2 is 1.71 bits per heavy atom. The lowest BCUT2D eigenvalue weighted by Gasteiger charge is -2.22. The SMILES string of the molecule is CCOP(=O)(OCC)[C@H](O)c1ccc(Cl)cc1. The van der Waals surface area contributed by atoms with E-state index >= 15 is 0 Å². The molecule has 17 heavy (non-hydrogen) atoms. The van der Waals surface area contributed by atoms with Crippen LogP contribution in [0.4, 0.5) is 0 Å². The zero-order valence-electron chi connectivity index (χ0n) is 9.80. The number of hydrogen-bond acceptors (Lipinski definition) is 4. The maximum Gasteiger partial charge on any atom is 0.363 e. The van der Waals surface area contributed by atoms with Crippen LogP contribution in [0.2, 0.25) is 5.02 Å². The largest absolute Gasteiger partial charge is 0.376 e. The molecule has 0 saturated carbocycles. The topological polar surface area (TPSA) is 55.8 Å². The van der Waals surface area contributed by atoms with Gasteiger partial charge in [-0.1, -0.05) is 23.7 Å². The van der Waals surface area contributed by atoms with E-state index in [9.17, 15) is 9.67 Å². The Bertz CT molecular complexity index is 383. The molecule has 1 N–H and O–H groups in total. The third-order valence-electron chi connectivity index (χ3n) is 2.09. The standard InChI is InChI=1S/C11H16ClO4P/c1-3-15-17(14,16-4-2)11(13)9-5-7-10(12)8-6-9/h5-8,11,13H,3-4H2,1-2H3/t11-/m0/s1. The van der Waals surface area contributed by atoms with Gasteiger partial charge in [-0.05, 0) is 31.5 Å². The van der Waals surface area contributed by atoms with Gasteiger partial charge in [-0.2, -0.15) is 0 Å². The summed E-state index contributed by atoms with van der Waals surface area (Å²) >= 11 is 5.74. The van der Waals surface area contributed by atoms with Crippen molar-refractivity contribution in [3.8, 4) is 0 Å². The first-order valence-corrected chi connectivity index (χ1v) is 7.34. The Labute approximate surface area is 106 Å². The summed E-state index contributed by atoms with van der Waals surface area (Å²) in [5, 5.41) is 10.6. The van der Waals surface area contributed by atoms with Crippen molar-refractivity contribution < 1.29 is 18.7 Å². The molecule has 0 radical (unpaired) electrons. The molecular weight excluding hydrogens is 263 g/mol. The maximum atomic E-state index is 12.3. The van der Waals surface area contributed by atoms with Crippen molar-refractivity contribution in [1.82, 2.24) is 0 Å². The van der Waals surface area contributed by atoms with E-state index in [2.05, 4.69) is 0 Å². The van der Waals surface area contributed by atoms with Crippen molar-refractivity contribution in [3.63, 3.8) is 0 Å². The highest BCUT2D eigenvalue weighted by atomic mass is 35.5. The number of aliphatic hydroxyl groups excluding tert-OH is 1. The number of aliphatic hydroxyl groups is 1. The van der Waals surface area contributed by atoms with E-state index < -0.39 is 13.4 Å². The minimum Gasteiger partial charge on any atom is -0.376 e. The van der Waals surface area contributed by atoms with Crippen molar-refractivity contribution >= 4 is 19.2 Å². The predicted octanol–water partition coefficient (Wildman–Crippen LogP) is 3.60. The van der Waals surface area contributed by atoms with Crippen LogP contribution in [0, 0.1) is 0 Å². The number of rotatable bonds is 6. The van der Waals surface area contributed by atoms with E-state index in [0.29, 0.717) is 10.6 Å². The van der Waals surface area contributed by atoms with Gasteiger partial charge >= 0.3 is 7.60 Å². The monoisotopic (exact) mass is 278 g/mol. The zero-order chi connectivity index (χ0) is 12.9. The van der Waals surface area contributed by atoms with Crippen molar-refractivity contribution in [2.75, 3.05) is 13.2 Å². The highest BCUT2D eigenvalue weighted by Gasteiger charge is 2.35. The average molecular weight is 279 g/mol. The predicted molar refractivity (Wildman–Crippen MR) is 67.3 cm³/mol. The van der Waals surface area contributed by atoms with E-state index in [4.69, 9.17) is 20.6 Å². The Kier molecular flexibility index (Phi) is 5.63. The summed E-state index contributed by atoms with van der Waals surface area (Å²) in [4.78, 5) is 0. The van der Waals surface area contributed by atoms with Crippen LogP contribution in [0.1, 0.15) is 25.3 Å². The molecule has 0 fully saturated rings. The van der Waals surface area contributed by atoms with Gasteiger partial charge in [0.05, 0.1) is 13.2 Å². The second-order valence-corrected chi connectivity index (χ2v) is 5.82. The minimum atomic E-state index is -3.53. The Balaban J connectivity index is 2.95.